The summed E-state index contributed by atoms with van der Waals surface area (Å²) >= 11 is 9.74. The third kappa shape index (κ3) is 7.86. The van der Waals surface area contributed by atoms with Crippen LogP contribution in [0, 0.1) is 6.92 Å². The number of amides is 1. The molecule has 1 amide bonds. The molecular weight excluding hydrogens is 658 g/mol. The van der Waals surface area contributed by atoms with Crippen LogP contribution in [0.1, 0.15) is 16.7 Å². The van der Waals surface area contributed by atoms with E-state index < -0.39 is 22.5 Å². The quantitative estimate of drug-likeness (QED) is 0.138. The number of ether oxygens (including phenoxy) is 3. The molecule has 0 atom stereocenters. The molecule has 9 nitrogen and oxygen atoms in total. The number of aryl methyl sites for hydroxylation is 1. The van der Waals surface area contributed by atoms with E-state index in [1.807, 2.05) is 25.1 Å². The number of carbonyl (C=O) groups is 1. The predicted octanol–water partition coefficient (Wildman–Crippen LogP) is 6.35. The van der Waals surface area contributed by atoms with Crippen molar-refractivity contribution in [3.63, 3.8) is 0 Å². The summed E-state index contributed by atoms with van der Waals surface area (Å²) in [5.74, 6) is 0.540. The Morgan fingerprint density at radius 1 is 0.977 bits per heavy atom. The van der Waals surface area contributed by atoms with Gasteiger partial charge >= 0.3 is 0 Å². The fourth-order valence-electron chi connectivity index (χ4n) is 4.08. The molecule has 0 bridgehead atoms. The minimum Gasteiger partial charge on any atom is -0.495 e. The minimum absolute atomic E-state index is 0.0312. The monoisotopic (exact) mass is 685 g/mol. The maximum Gasteiger partial charge on any atom is 0.264 e. The molecule has 0 fully saturated rings. The average Bonchev–Trinajstić information content (AvgIpc) is 3.00. The molecular formula is C31H29BrClN3O6S. The van der Waals surface area contributed by atoms with Crippen LogP contribution in [0.4, 0.5) is 5.69 Å². The third-order valence-corrected chi connectivity index (χ3v) is 8.94. The lowest BCUT2D eigenvalue weighted by atomic mass is 10.2. The van der Waals surface area contributed by atoms with Gasteiger partial charge in [0, 0.05) is 10.6 Å². The predicted molar refractivity (Wildman–Crippen MR) is 171 cm³/mol. The number of methoxy groups -OCH3 is 2. The molecule has 0 radical (unpaired) electrons. The summed E-state index contributed by atoms with van der Waals surface area (Å²) in [5, 5.41) is 4.63. The standard InChI is InChI=1S/C31H29BrClN3O6S/c1-21-13-14-28(40-2)27(15-21)36(43(38,39)24-10-5-4-6-11-24)19-30(37)35-34-18-22-16-25(32)31(29(17-22)41-3)42-20-23-9-7-8-12-26(23)33/h4-18H,19-20H2,1-3H3,(H,35,37)/b34-18-. The van der Waals surface area contributed by atoms with Gasteiger partial charge in [-0.2, -0.15) is 5.10 Å². The van der Waals surface area contributed by atoms with Gasteiger partial charge in [-0.3, -0.25) is 9.10 Å². The van der Waals surface area contributed by atoms with E-state index in [1.165, 1.54) is 32.6 Å². The highest BCUT2D eigenvalue weighted by Crippen LogP contribution is 2.37. The highest BCUT2D eigenvalue weighted by Gasteiger charge is 2.29. The number of hydrogen-bond donors (Lipinski definition) is 1. The summed E-state index contributed by atoms with van der Waals surface area (Å²) in [6.45, 7) is 1.50. The maximum atomic E-state index is 13.7. The Balaban J connectivity index is 1.53. The molecule has 4 rings (SSSR count). The number of nitrogens with one attached hydrogen (secondary N) is 1. The molecule has 0 unspecified atom stereocenters. The second-order valence-electron chi connectivity index (χ2n) is 9.21. The highest BCUT2D eigenvalue weighted by atomic mass is 79.9. The van der Waals surface area contributed by atoms with E-state index in [1.54, 1.807) is 54.6 Å². The highest BCUT2D eigenvalue weighted by molar-refractivity contribution is 9.10. The topological polar surface area (TPSA) is 107 Å². The molecule has 224 valence electrons. The van der Waals surface area contributed by atoms with Crippen molar-refractivity contribution >= 4 is 55.4 Å². The third-order valence-electron chi connectivity index (χ3n) is 6.21. The van der Waals surface area contributed by atoms with Crippen molar-refractivity contribution in [3.05, 3.63) is 111 Å². The lowest BCUT2D eigenvalue weighted by molar-refractivity contribution is -0.119. The first-order valence-corrected chi connectivity index (χ1v) is 15.5. The van der Waals surface area contributed by atoms with E-state index in [4.69, 9.17) is 25.8 Å². The molecule has 0 aliphatic rings. The zero-order valence-corrected chi connectivity index (χ0v) is 26.7. The molecule has 0 aromatic heterocycles. The average molecular weight is 687 g/mol. The van der Waals surface area contributed by atoms with Gasteiger partial charge in [-0.1, -0.05) is 54.1 Å². The Morgan fingerprint density at radius 3 is 2.37 bits per heavy atom. The van der Waals surface area contributed by atoms with Crippen LogP contribution in [-0.2, 0) is 21.4 Å². The number of anilines is 1. The van der Waals surface area contributed by atoms with Gasteiger partial charge in [-0.05, 0) is 76.4 Å². The maximum absolute atomic E-state index is 13.7. The smallest absolute Gasteiger partial charge is 0.264 e. The molecule has 4 aromatic carbocycles. The van der Waals surface area contributed by atoms with Crippen molar-refractivity contribution in [2.45, 2.75) is 18.4 Å². The number of halogens is 2. The summed E-state index contributed by atoms with van der Waals surface area (Å²) in [6, 6.07) is 23.8. The van der Waals surface area contributed by atoms with Gasteiger partial charge in [-0.25, -0.2) is 13.8 Å². The van der Waals surface area contributed by atoms with Gasteiger partial charge in [0.2, 0.25) is 0 Å². The fourth-order valence-corrected chi connectivity index (χ4v) is 6.29. The molecule has 43 heavy (non-hydrogen) atoms. The first-order valence-electron chi connectivity index (χ1n) is 12.9. The van der Waals surface area contributed by atoms with Crippen molar-refractivity contribution in [3.8, 4) is 17.2 Å². The summed E-state index contributed by atoms with van der Waals surface area (Å²) in [5.41, 5.74) is 4.84. The Kier molecular flexibility index (Phi) is 10.7. The normalized spacial score (nSPS) is 11.3. The Bertz CT molecular complexity index is 1740. The number of carbonyl (C=O) groups excluding carboxylic acids is 1. The lowest BCUT2D eigenvalue weighted by Crippen LogP contribution is -2.39. The van der Waals surface area contributed by atoms with Gasteiger partial charge in [0.05, 0.1) is 35.5 Å². The SMILES string of the molecule is COc1ccc(C)cc1N(CC(=O)N/N=C\c1cc(Br)c(OCc2ccccc2Cl)c(OC)c1)S(=O)(=O)c1ccccc1. The van der Waals surface area contributed by atoms with Crippen LogP contribution in [0.15, 0.2) is 99.4 Å². The van der Waals surface area contributed by atoms with Crippen molar-refractivity contribution in [2.75, 3.05) is 25.1 Å². The van der Waals surface area contributed by atoms with Gasteiger partial charge in [0.15, 0.2) is 11.5 Å². The van der Waals surface area contributed by atoms with Crippen LogP contribution >= 0.6 is 27.5 Å². The second-order valence-corrected chi connectivity index (χ2v) is 12.3. The van der Waals surface area contributed by atoms with E-state index in [-0.39, 0.29) is 17.2 Å². The zero-order chi connectivity index (χ0) is 31.0. The number of sulfonamides is 1. The summed E-state index contributed by atoms with van der Waals surface area (Å²) < 4.78 is 45.8. The van der Waals surface area contributed by atoms with Crippen LogP contribution in [0.5, 0.6) is 17.2 Å². The van der Waals surface area contributed by atoms with Crippen molar-refractivity contribution in [1.29, 1.82) is 0 Å². The summed E-state index contributed by atoms with van der Waals surface area (Å²) in [4.78, 5) is 13.1. The van der Waals surface area contributed by atoms with Gasteiger partial charge in [0.25, 0.3) is 15.9 Å². The Labute approximate surface area is 264 Å². The molecule has 0 saturated carbocycles. The fraction of sp³-hybridized carbons (Fsp3) is 0.161. The molecule has 0 aliphatic heterocycles. The molecule has 0 saturated heterocycles. The van der Waals surface area contributed by atoms with E-state index >= 15 is 0 Å². The van der Waals surface area contributed by atoms with E-state index in [2.05, 4.69) is 26.5 Å². The minimum atomic E-state index is -4.13. The Hall–Kier alpha value is -4.06. The van der Waals surface area contributed by atoms with Crippen molar-refractivity contribution in [2.24, 2.45) is 5.10 Å². The molecule has 1 N–H and O–H groups in total. The first-order chi connectivity index (χ1) is 20.6. The van der Waals surface area contributed by atoms with Gasteiger partial charge in [-0.15, -0.1) is 0 Å². The van der Waals surface area contributed by atoms with E-state index in [0.717, 1.165) is 15.4 Å². The Morgan fingerprint density at radius 2 is 1.67 bits per heavy atom. The van der Waals surface area contributed by atoms with Crippen LogP contribution in [0.3, 0.4) is 0 Å². The summed E-state index contributed by atoms with van der Waals surface area (Å²) in [7, 11) is -1.18. The number of hydrazone groups is 1. The number of hydrogen-bond acceptors (Lipinski definition) is 7. The van der Waals surface area contributed by atoms with E-state index in [9.17, 15) is 13.2 Å². The molecule has 0 spiro atoms. The number of nitrogens with zero attached hydrogens (tertiary/aromatic N) is 2. The number of benzene rings is 4. The van der Waals surface area contributed by atoms with Gasteiger partial charge in [0.1, 0.15) is 18.9 Å². The van der Waals surface area contributed by atoms with Gasteiger partial charge < -0.3 is 14.2 Å². The van der Waals surface area contributed by atoms with E-state index in [0.29, 0.717) is 32.3 Å². The summed E-state index contributed by atoms with van der Waals surface area (Å²) in [6.07, 6.45) is 1.41. The van der Waals surface area contributed by atoms with Crippen LogP contribution in [0.25, 0.3) is 0 Å². The number of rotatable bonds is 12. The van der Waals surface area contributed by atoms with Crippen LogP contribution < -0.4 is 23.9 Å². The van der Waals surface area contributed by atoms with Crippen LogP contribution in [0.2, 0.25) is 5.02 Å². The molecule has 12 heteroatoms. The molecule has 0 heterocycles. The lowest BCUT2D eigenvalue weighted by Gasteiger charge is -2.25. The van der Waals surface area contributed by atoms with Crippen LogP contribution in [-0.4, -0.2) is 41.3 Å². The largest absolute Gasteiger partial charge is 0.495 e. The second kappa shape index (κ2) is 14.4. The van der Waals surface area contributed by atoms with Crippen molar-refractivity contribution < 1.29 is 27.4 Å². The molecule has 0 aliphatic carbocycles. The first kappa shape index (κ1) is 31.9. The molecule has 4 aromatic rings. The van der Waals surface area contributed by atoms with Crippen molar-refractivity contribution in [1.82, 2.24) is 5.43 Å². The zero-order valence-electron chi connectivity index (χ0n) is 23.6.